The molecule has 0 bridgehead atoms. The van der Waals surface area contributed by atoms with E-state index in [2.05, 4.69) is 12.2 Å². The molecule has 1 aliphatic carbocycles. The number of aliphatic hydroxyl groups is 1. The van der Waals surface area contributed by atoms with Crippen LogP contribution in [-0.4, -0.2) is 22.7 Å². The lowest BCUT2D eigenvalue weighted by molar-refractivity contribution is -0.127. The highest BCUT2D eigenvalue weighted by molar-refractivity contribution is 5.77. The summed E-state index contributed by atoms with van der Waals surface area (Å²) in [5.41, 5.74) is -0.786. The van der Waals surface area contributed by atoms with Gasteiger partial charge in [-0.15, -0.1) is 0 Å². The van der Waals surface area contributed by atoms with Gasteiger partial charge in [0.1, 0.15) is 0 Å². The first-order chi connectivity index (χ1) is 7.50. The number of amides is 1. The van der Waals surface area contributed by atoms with Crippen LogP contribution in [0.2, 0.25) is 0 Å². The van der Waals surface area contributed by atoms with Crippen LogP contribution >= 0.6 is 0 Å². The highest BCUT2D eigenvalue weighted by Crippen LogP contribution is 2.30. The SMILES string of the molecule is CCCC(O)(CCC)CC(=O)NC1CC1C. The quantitative estimate of drug-likeness (QED) is 0.700. The Labute approximate surface area is 98.6 Å². The zero-order valence-corrected chi connectivity index (χ0v) is 10.8. The van der Waals surface area contributed by atoms with Gasteiger partial charge in [-0.1, -0.05) is 33.6 Å². The summed E-state index contributed by atoms with van der Waals surface area (Å²) in [6.07, 6.45) is 4.62. The second-order valence-electron chi connectivity index (χ2n) is 5.29. The van der Waals surface area contributed by atoms with E-state index >= 15 is 0 Å². The topological polar surface area (TPSA) is 49.3 Å². The molecule has 0 heterocycles. The molecule has 0 aromatic rings. The molecule has 0 spiro atoms. The maximum Gasteiger partial charge on any atom is 0.223 e. The van der Waals surface area contributed by atoms with Gasteiger partial charge in [0.25, 0.3) is 0 Å². The van der Waals surface area contributed by atoms with Crippen molar-refractivity contribution in [1.29, 1.82) is 0 Å². The Hall–Kier alpha value is -0.570. The second-order valence-corrected chi connectivity index (χ2v) is 5.29. The standard InChI is InChI=1S/C13H25NO2/c1-4-6-13(16,7-5-2)9-12(15)14-11-8-10(11)3/h10-11,16H,4-9H2,1-3H3,(H,14,15). The summed E-state index contributed by atoms with van der Waals surface area (Å²) in [5, 5.41) is 13.3. The van der Waals surface area contributed by atoms with E-state index < -0.39 is 5.60 Å². The third-order valence-corrected chi connectivity index (χ3v) is 3.38. The number of nitrogens with one attached hydrogen (secondary N) is 1. The van der Waals surface area contributed by atoms with Gasteiger partial charge in [-0.25, -0.2) is 0 Å². The lowest BCUT2D eigenvalue weighted by atomic mass is 9.89. The summed E-state index contributed by atoms with van der Waals surface area (Å²) in [6, 6.07) is 0.361. The third kappa shape index (κ3) is 4.12. The van der Waals surface area contributed by atoms with Crippen LogP contribution in [0.5, 0.6) is 0 Å². The van der Waals surface area contributed by atoms with Crippen LogP contribution in [0.25, 0.3) is 0 Å². The molecule has 1 amide bonds. The number of carbonyl (C=O) groups excluding carboxylic acids is 1. The van der Waals surface area contributed by atoms with E-state index in [9.17, 15) is 9.90 Å². The van der Waals surface area contributed by atoms with Crippen molar-refractivity contribution in [3.63, 3.8) is 0 Å². The molecular formula is C13H25NO2. The molecule has 3 nitrogen and oxygen atoms in total. The molecule has 0 aliphatic heterocycles. The fraction of sp³-hybridized carbons (Fsp3) is 0.923. The van der Waals surface area contributed by atoms with E-state index in [4.69, 9.17) is 0 Å². The average Bonchev–Trinajstić information content (AvgIpc) is 2.81. The van der Waals surface area contributed by atoms with Crippen LogP contribution in [0.4, 0.5) is 0 Å². The minimum Gasteiger partial charge on any atom is -0.389 e. The average molecular weight is 227 g/mol. The highest BCUT2D eigenvalue weighted by Gasteiger charge is 2.36. The molecule has 1 rings (SSSR count). The first-order valence-corrected chi connectivity index (χ1v) is 6.52. The fourth-order valence-corrected chi connectivity index (χ4v) is 2.31. The molecule has 1 fully saturated rings. The van der Waals surface area contributed by atoms with Crippen molar-refractivity contribution in [1.82, 2.24) is 5.32 Å². The molecule has 94 valence electrons. The molecule has 1 saturated carbocycles. The van der Waals surface area contributed by atoms with Crippen LogP contribution in [0.3, 0.4) is 0 Å². The van der Waals surface area contributed by atoms with Crippen molar-refractivity contribution in [2.45, 2.75) is 70.9 Å². The fourth-order valence-electron chi connectivity index (χ4n) is 2.31. The molecule has 16 heavy (non-hydrogen) atoms. The van der Waals surface area contributed by atoms with Crippen LogP contribution in [0.1, 0.15) is 59.3 Å². The van der Waals surface area contributed by atoms with Crippen molar-refractivity contribution >= 4 is 5.91 Å². The first-order valence-electron chi connectivity index (χ1n) is 6.52. The van der Waals surface area contributed by atoms with Gasteiger partial charge in [0.15, 0.2) is 0 Å². The first kappa shape index (κ1) is 13.5. The van der Waals surface area contributed by atoms with Gasteiger partial charge in [-0.3, -0.25) is 4.79 Å². The largest absolute Gasteiger partial charge is 0.389 e. The van der Waals surface area contributed by atoms with Gasteiger partial charge in [0.05, 0.1) is 12.0 Å². The summed E-state index contributed by atoms with van der Waals surface area (Å²) in [7, 11) is 0. The summed E-state index contributed by atoms with van der Waals surface area (Å²) >= 11 is 0. The molecule has 0 aromatic heterocycles. The maximum atomic E-state index is 11.7. The van der Waals surface area contributed by atoms with Crippen LogP contribution in [0, 0.1) is 5.92 Å². The predicted octanol–water partition coefficient (Wildman–Crippen LogP) is 2.23. The number of rotatable bonds is 7. The minimum absolute atomic E-state index is 0.0127. The van der Waals surface area contributed by atoms with Gasteiger partial charge in [0.2, 0.25) is 5.91 Å². The lowest BCUT2D eigenvalue weighted by Gasteiger charge is -2.26. The number of hydrogen-bond donors (Lipinski definition) is 2. The Morgan fingerprint density at radius 1 is 1.38 bits per heavy atom. The monoisotopic (exact) mass is 227 g/mol. The molecule has 2 atom stereocenters. The minimum atomic E-state index is -0.786. The Morgan fingerprint density at radius 3 is 2.25 bits per heavy atom. The number of hydrogen-bond acceptors (Lipinski definition) is 2. The molecule has 0 radical (unpaired) electrons. The smallest absolute Gasteiger partial charge is 0.223 e. The Morgan fingerprint density at radius 2 is 1.88 bits per heavy atom. The molecule has 3 heteroatoms. The third-order valence-electron chi connectivity index (χ3n) is 3.38. The molecular weight excluding hydrogens is 202 g/mol. The van der Waals surface area contributed by atoms with E-state index in [-0.39, 0.29) is 12.3 Å². The van der Waals surface area contributed by atoms with E-state index in [0.29, 0.717) is 24.8 Å². The molecule has 2 N–H and O–H groups in total. The van der Waals surface area contributed by atoms with Crippen molar-refractivity contribution < 1.29 is 9.90 Å². The van der Waals surface area contributed by atoms with Crippen molar-refractivity contribution in [3.8, 4) is 0 Å². The van der Waals surface area contributed by atoms with Gasteiger partial charge in [-0.05, 0) is 25.2 Å². The Balaban J connectivity index is 2.37. The van der Waals surface area contributed by atoms with Crippen molar-refractivity contribution in [3.05, 3.63) is 0 Å². The van der Waals surface area contributed by atoms with Crippen molar-refractivity contribution in [2.24, 2.45) is 5.92 Å². The maximum absolute atomic E-state index is 11.7. The summed E-state index contributed by atoms with van der Waals surface area (Å²) in [6.45, 7) is 6.22. The van der Waals surface area contributed by atoms with Gasteiger partial charge >= 0.3 is 0 Å². The van der Waals surface area contributed by atoms with E-state index in [1.807, 2.05) is 13.8 Å². The summed E-state index contributed by atoms with van der Waals surface area (Å²) < 4.78 is 0. The summed E-state index contributed by atoms with van der Waals surface area (Å²) in [4.78, 5) is 11.7. The highest BCUT2D eigenvalue weighted by atomic mass is 16.3. The van der Waals surface area contributed by atoms with Crippen LogP contribution in [-0.2, 0) is 4.79 Å². The lowest BCUT2D eigenvalue weighted by Crippen LogP contribution is -2.37. The normalized spacial score (nSPS) is 24.2. The number of carbonyl (C=O) groups is 1. The van der Waals surface area contributed by atoms with Crippen molar-refractivity contribution in [2.75, 3.05) is 0 Å². The molecule has 0 saturated heterocycles. The molecule has 2 unspecified atom stereocenters. The summed E-state index contributed by atoms with van der Waals surface area (Å²) in [5.74, 6) is 0.633. The zero-order valence-electron chi connectivity index (χ0n) is 10.8. The molecule has 0 aromatic carbocycles. The van der Waals surface area contributed by atoms with Crippen LogP contribution < -0.4 is 5.32 Å². The second kappa shape index (κ2) is 5.67. The van der Waals surface area contributed by atoms with Gasteiger partial charge in [0, 0.05) is 6.04 Å². The van der Waals surface area contributed by atoms with Gasteiger partial charge < -0.3 is 10.4 Å². The van der Waals surface area contributed by atoms with E-state index in [1.165, 1.54) is 0 Å². The zero-order chi connectivity index (χ0) is 12.2. The van der Waals surface area contributed by atoms with Gasteiger partial charge in [-0.2, -0.15) is 0 Å². The predicted molar refractivity (Wildman–Crippen MR) is 65.1 cm³/mol. The van der Waals surface area contributed by atoms with E-state index in [1.54, 1.807) is 0 Å². The Kier molecular flexibility index (Phi) is 4.78. The molecule has 1 aliphatic rings. The van der Waals surface area contributed by atoms with Crippen LogP contribution in [0.15, 0.2) is 0 Å². The Bertz CT molecular complexity index is 234. The van der Waals surface area contributed by atoms with E-state index in [0.717, 1.165) is 19.3 Å².